The maximum atomic E-state index is 14.6. The van der Waals surface area contributed by atoms with Gasteiger partial charge in [-0.2, -0.15) is 0 Å². The number of ether oxygens (including phenoxy) is 8. The minimum absolute atomic E-state index is 0.0322. The van der Waals surface area contributed by atoms with Crippen molar-refractivity contribution in [1.29, 1.82) is 0 Å². The van der Waals surface area contributed by atoms with Gasteiger partial charge in [-0.3, -0.25) is 14.7 Å². The summed E-state index contributed by atoms with van der Waals surface area (Å²) in [7, 11) is -33.4. The number of fused-ring (bicyclic) bond motifs is 4. The van der Waals surface area contributed by atoms with Crippen molar-refractivity contribution in [2.24, 2.45) is 5.41 Å². The van der Waals surface area contributed by atoms with Crippen LogP contribution >= 0.6 is 91.0 Å². The Bertz CT molecular complexity index is 5360. The van der Waals surface area contributed by atoms with E-state index in [4.69, 9.17) is 52.5 Å². The van der Waals surface area contributed by atoms with Crippen LogP contribution in [0.15, 0.2) is 41.9 Å². The first-order chi connectivity index (χ1) is 59.7. The summed E-state index contributed by atoms with van der Waals surface area (Å²) in [5.74, 6) is -10.3. The van der Waals surface area contributed by atoms with Crippen LogP contribution in [0.2, 0.25) is 5.02 Å². The molecule has 1 saturated heterocycles. The van der Waals surface area contributed by atoms with E-state index in [1.54, 1.807) is 90.5 Å². The maximum absolute atomic E-state index is 14.6. The summed E-state index contributed by atoms with van der Waals surface area (Å²) < 4.78 is 327. The Hall–Kier alpha value is -6.91. The highest BCUT2D eigenvalue weighted by Crippen LogP contribution is 3.06. The Morgan fingerprint density at radius 2 is 0.644 bits per heavy atom. The van der Waals surface area contributed by atoms with Crippen LogP contribution < -0.4 is 55.1 Å². The number of aromatic nitrogens is 8. The Labute approximate surface area is 804 Å². The topological polar surface area (TPSA) is 265 Å². The third kappa shape index (κ3) is 30.1. The highest BCUT2D eigenvalue weighted by atomic mass is 127. The molecule has 8 aromatic rings. The largest absolute Gasteiger partial charge is 0.493 e. The zero-order valence-corrected chi connectivity index (χ0v) is 90.5. The number of nitrogen functional groups attached to an aromatic ring is 3. The standard InChI is InChI=1S/C14H17BrF5N3O2S.C14H17ClF5N3O2S.C14H16F6N2O2S.C14H17F5IN3O2S.C13H25N.C12H26N2.2C2H6/c2*1-14(2,3)13-22-8-6(12(21)23-13)11(26(16,17,18,19)20)10(25-5)9(24-4)7(8)15;1-14(2,3)13-21-10-7(12(22-13)25(16,17,18,19)20)6-8(23-4)11(24-5)9(10)15;1-14(2,3)13-22-8-6(12(21)23-13)11(26(15,16,17,18)19)10(25-5)9(24-4)7(8)20;1-12(2,3)11-7-9-14(10-8-11)13(4,5)6;1-11(2,3)13-7-9-14(10-8-13)12(4,5)6;2*1-2/h2*1-5H3,(H2,21,22,23);6H,1-5H3;1-5H3,(H2,21,22,23);7H,8-10H2,1-6H3;7-10H2,1-6H3;2*1-2H3. The molecule has 2 aliphatic heterocycles. The van der Waals surface area contributed by atoms with Gasteiger partial charge in [-0.05, 0) is 119 Å². The first-order valence-electron chi connectivity index (χ1n) is 41.4. The summed E-state index contributed by atoms with van der Waals surface area (Å²) in [6.45, 7) is 62.4. The third-order valence-corrected chi connectivity index (χ3v) is 26.5. The Kier molecular flexibility index (Phi) is 34.3. The predicted molar refractivity (Wildman–Crippen MR) is 518 cm³/mol. The van der Waals surface area contributed by atoms with Crippen molar-refractivity contribution in [3.63, 3.8) is 0 Å². The number of halogens is 24. The lowest BCUT2D eigenvalue weighted by atomic mass is 9.82. The van der Waals surface area contributed by atoms with E-state index in [-0.39, 0.29) is 31.0 Å². The molecular weight excluding hydrogens is 2110 g/mol. The van der Waals surface area contributed by atoms with Crippen LogP contribution in [-0.4, -0.2) is 167 Å². The Balaban J connectivity index is 0.000000420. The Morgan fingerprint density at radius 3 is 0.926 bits per heavy atom. The molecule has 1 fully saturated rings. The normalized spacial score (nSPS) is 16.5. The molecule has 0 amide bonds. The molecule has 4 aromatic carbocycles. The highest BCUT2D eigenvalue weighted by Gasteiger charge is 2.72. The molecule has 0 spiro atoms. The smallest absolute Gasteiger partial charge is 0.326 e. The summed E-state index contributed by atoms with van der Waals surface area (Å²) in [6, 6.07) is 0.594. The van der Waals surface area contributed by atoms with Gasteiger partial charge in [-0.1, -0.05) is 233 Å². The summed E-state index contributed by atoms with van der Waals surface area (Å²) in [6.07, 6.45) is 3.66. The first-order valence-corrected chi connectivity index (χ1v) is 51.5. The monoisotopic (exact) mass is 2240 g/mol. The van der Waals surface area contributed by atoms with Crippen molar-refractivity contribution in [3.8, 4) is 46.0 Å². The fourth-order valence-corrected chi connectivity index (χ4v) is 19.2. The number of benzene rings is 4. The van der Waals surface area contributed by atoms with Crippen molar-refractivity contribution < 1.29 is 120 Å². The van der Waals surface area contributed by atoms with E-state index >= 15 is 0 Å². The minimum atomic E-state index is -10.3. The van der Waals surface area contributed by atoms with E-state index in [9.17, 15) is 82.1 Å². The van der Waals surface area contributed by atoms with E-state index in [0.29, 0.717) is 28.1 Å². The molecule has 2 aliphatic rings. The second-order valence-corrected chi connectivity index (χ2v) is 50.4. The molecule has 0 unspecified atom stereocenters. The van der Waals surface area contributed by atoms with E-state index in [0.717, 1.165) is 63.4 Å². The van der Waals surface area contributed by atoms with Gasteiger partial charge in [0, 0.05) is 82.9 Å². The van der Waals surface area contributed by atoms with Crippen molar-refractivity contribution in [3.05, 3.63) is 59.9 Å². The maximum Gasteiger partial charge on any atom is 0.326 e. The molecule has 0 aliphatic carbocycles. The molecule has 50 heteroatoms. The van der Waals surface area contributed by atoms with Gasteiger partial charge < -0.3 is 55.1 Å². The van der Waals surface area contributed by atoms with Gasteiger partial charge >= 0.3 is 40.9 Å². The summed E-state index contributed by atoms with van der Waals surface area (Å²) in [5, 5.41) is -7.25. The summed E-state index contributed by atoms with van der Waals surface area (Å²) in [4.78, 5) is 31.0. The molecule has 0 saturated carbocycles. The zero-order valence-electron chi connectivity index (χ0n) is 82.7. The molecule has 4 aromatic heterocycles. The summed E-state index contributed by atoms with van der Waals surface area (Å²) >= 11 is 10.8. The van der Waals surface area contributed by atoms with Gasteiger partial charge in [0.2, 0.25) is 5.03 Å². The number of methoxy groups -OCH3 is 8. The molecule has 22 nitrogen and oxygen atoms in total. The zero-order chi connectivity index (χ0) is 107. The third-order valence-electron chi connectivity index (χ3n) is 19.9. The second kappa shape index (κ2) is 37.8. The average Bonchev–Trinajstić information content (AvgIpc) is 0.689. The van der Waals surface area contributed by atoms with Crippen LogP contribution in [0, 0.1) is 14.8 Å². The van der Waals surface area contributed by atoms with E-state index in [1.165, 1.54) is 59.9 Å². The van der Waals surface area contributed by atoms with Crippen molar-refractivity contribution >= 4 is 152 Å². The number of hydrogen-bond acceptors (Lipinski definition) is 22. The van der Waals surface area contributed by atoms with Crippen molar-refractivity contribution in [1.82, 2.24) is 54.6 Å². The molecular formula is C85H130BrClF21IN14O8S4. The molecule has 6 N–H and O–H groups in total. The molecule has 780 valence electrons. The number of nitrogens with zero attached hydrogens (tertiary/aromatic N) is 11. The fourth-order valence-electron chi connectivity index (χ4n) is 13.2. The molecule has 0 radical (unpaired) electrons. The van der Waals surface area contributed by atoms with Crippen LogP contribution in [0.25, 0.3) is 43.6 Å². The number of anilines is 3. The second-order valence-electron chi connectivity index (χ2n) is 38.8. The van der Waals surface area contributed by atoms with Crippen LogP contribution in [0.1, 0.15) is 224 Å². The van der Waals surface area contributed by atoms with E-state index in [1.807, 2.05) is 27.7 Å². The van der Waals surface area contributed by atoms with Crippen LogP contribution in [0.3, 0.4) is 0 Å². The van der Waals surface area contributed by atoms with Crippen molar-refractivity contribution in [2.45, 2.75) is 258 Å². The molecule has 0 bridgehead atoms. The minimum Gasteiger partial charge on any atom is -0.493 e. The van der Waals surface area contributed by atoms with Gasteiger partial charge in [0.1, 0.15) is 56.8 Å². The molecule has 0 atom stereocenters. The van der Waals surface area contributed by atoms with Gasteiger partial charge in [0.05, 0.1) is 92.1 Å². The average molecular weight is 2250 g/mol. The molecule has 135 heavy (non-hydrogen) atoms. The number of hydrogen-bond donors (Lipinski definition) is 3. The summed E-state index contributed by atoms with van der Waals surface area (Å²) in [5.41, 5.74) is 14.4. The molecule has 10 rings (SSSR count). The lowest BCUT2D eigenvalue weighted by Gasteiger charge is -2.46. The number of piperazine rings is 1. The molecule has 6 heterocycles. The van der Waals surface area contributed by atoms with Gasteiger partial charge in [-0.25, -0.2) is 44.3 Å². The number of rotatable bonds is 12. The highest BCUT2D eigenvalue weighted by molar-refractivity contribution is 14.1. The van der Waals surface area contributed by atoms with Crippen LogP contribution in [0.4, 0.5) is 99.6 Å². The van der Waals surface area contributed by atoms with Crippen LogP contribution in [0.5, 0.6) is 46.0 Å². The lowest BCUT2D eigenvalue weighted by Crippen LogP contribution is -2.57. The van der Waals surface area contributed by atoms with E-state index < -0.39 is 200 Å². The lowest BCUT2D eigenvalue weighted by molar-refractivity contribution is 0.0211. The van der Waals surface area contributed by atoms with Gasteiger partial charge in [0.25, 0.3) is 0 Å². The van der Waals surface area contributed by atoms with E-state index in [2.05, 4.69) is 174 Å². The van der Waals surface area contributed by atoms with Gasteiger partial charge in [0.15, 0.2) is 66.5 Å². The van der Waals surface area contributed by atoms with Crippen molar-refractivity contribution in [2.75, 3.05) is 113 Å². The van der Waals surface area contributed by atoms with Gasteiger partial charge in [-0.15, -0.1) is 0 Å². The SMILES string of the molecule is CC.CC.CC(C)(C)C1=CCN(C(C)(C)C)CC1.CC(C)(C)N1CCN(C(C)(C)C)CC1.COc1c(OC)c(S(F)(F)(F)(F)F)c2c(N)nc(C(C)(C)C)nc2c1Br.COc1c(OC)c(S(F)(F)(F)(F)F)c2c(N)nc(C(C)(C)C)nc2c1Cl.COc1c(OC)c(S(F)(F)(F)(F)F)c2c(N)nc(C(C)(C)C)nc2c1I.COc1cc2c(S(F)(F)(F)(F)F)nc(C(C)(C)C)nc2c(F)c1OC. The number of nitrogens with two attached hydrogens (primary N) is 3. The quantitative estimate of drug-likeness (QED) is 0.0444. The fraction of sp³-hybridized carbons (Fsp3) is 0.600. The predicted octanol–water partition coefficient (Wildman–Crippen LogP) is 31.0. The first kappa shape index (κ1) is 122. The van der Waals surface area contributed by atoms with Crippen LogP contribution in [-0.2, 0) is 21.7 Å². The Morgan fingerprint density at radius 1 is 0.356 bits per heavy atom.